The summed E-state index contributed by atoms with van der Waals surface area (Å²) in [7, 11) is -4.41. The molecule has 3 aromatic rings. The minimum atomic E-state index is -4.68. The standard InChI is InChI=1S/C23H17F3N2O3S/c24-23(25,26)17-9-6-10-18(15-17)32(30,31)28-14-13-27-21(29)19-11-4-5-12-20(19)22(27,28)16-7-2-1-3-8-16/h1-12,15H,13-14H2/t22-/m1/s1. The highest BCUT2D eigenvalue weighted by molar-refractivity contribution is 7.89. The van der Waals surface area contributed by atoms with Crippen LogP contribution in [0.5, 0.6) is 0 Å². The molecule has 2 aliphatic heterocycles. The number of hydrogen-bond acceptors (Lipinski definition) is 3. The third-order valence-electron chi connectivity index (χ3n) is 5.98. The van der Waals surface area contributed by atoms with Crippen LogP contribution in [-0.2, 0) is 21.9 Å². The molecule has 0 radical (unpaired) electrons. The summed E-state index contributed by atoms with van der Waals surface area (Å²) in [5.74, 6) is -0.314. The average molecular weight is 458 g/mol. The Bertz CT molecular complexity index is 1330. The summed E-state index contributed by atoms with van der Waals surface area (Å²) in [6, 6.07) is 19.1. The predicted octanol–water partition coefficient (Wildman–Crippen LogP) is 4.07. The normalized spacial score (nSPS) is 21.0. The number of hydrogen-bond donors (Lipinski definition) is 0. The second-order valence-corrected chi connectivity index (χ2v) is 9.51. The van der Waals surface area contributed by atoms with Crippen LogP contribution in [-0.4, -0.2) is 36.6 Å². The van der Waals surface area contributed by atoms with Gasteiger partial charge in [0.15, 0.2) is 5.66 Å². The molecule has 2 heterocycles. The zero-order valence-electron chi connectivity index (χ0n) is 16.6. The van der Waals surface area contributed by atoms with Gasteiger partial charge < -0.3 is 4.90 Å². The number of carbonyl (C=O) groups excluding carboxylic acids is 1. The second kappa shape index (κ2) is 6.91. The molecule has 0 saturated carbocycles. The minimum absolute atomic E-state index is 0.0481. The highest BCUT2D eigenvalue weighted by Gasteiger charge is 2.61. The largest absolute Gasteiger partial charge is 0.416 e. The molecule has 9 heteroatoms. The van der Waals surface area contributed by atoms with Gasteiger partial charge in [0.25, 0.3) is 5.91 Å². The van der Waals surface area contributed by atoms with Crippen molar-refractivity contribution in [1.82, 2.24) is 9.21 Å². The van der Waals surface area contributed by atoms with Crippen molar-refractivity contribution in [2.45, 2.75) is 16.7 Å². The van der Waals surface area contributed by atoms with Gasteiger partial charge in [-0.3, -0.25) is 4.79 Å². The average Bonchev–Trinajstić information content (AvgIpc) is 3.30. The van der Waals surface area contributed by atoms with Gasteiger partial charge in [-0.1, -0.05) is 54.6 Å². The van der Waals surface area contributed by atoms with Crippen LogP contribution in [0.25, 0.3) is 0 Å². The van der Waals surface area contributed by atoms with Crippen molar-refractivity contribution in [3.63, 3.8) is 0 Å². The van der Waals surface area contributed by atoms with Crippen LogP contribution in [0.2, 0.25) is 0 Å². The van der Waals surface area contributed by atoms with Gasteiger partial charge in [-0.25, -0.2) is 8.42 Å². The first-order chi connectivity index (χ1) is 15.2. The molecule has 2 aliphatic rings. The third-order valence-corrected chi connectivity index (χ3v) is 7.86. The Hall–Kier alpha value is -3.17. The smallest absolute Gasteiger partial charge is 0.310 e. The van der Waals surface area contributed by atoms with Gasteiger partial charge >= 0.3 is 6.18 Å². The molecule has 1 amide bonds. The molecular formula is C23H17F3N2O3S. The molecule has 1 saturated heterocycles. The van der Waals surface area contributed by atoms with Crippen molar-refractivity contribution >= 4 is 15.9 Å². The van der Waals surface area contributed by atoms with Crippen LogP contribution < -0.4 is 0 Å². The van der Waals surface area contributed by atoms with E-state index in [4.69, 9.17) is 0 Å². The monoisotopic (exact) mass is 458 g/mol. The lowest BCUT2D eigenvalue weighted by atomic mass is 9.91. The van der Waals surface area contributed by atoms with Crippen LogP contribution in [0.15, 0.2) is 83.8 Å². The summed E-state index contributed by atoms with van der Waals surface area (Å²) in [6.45, 7) is 0.0636. The van der Waals surface area contributed by atoms with E-state index in [-0.39, 0.29) is 19.0 Å². The lowest BCUT2D eigenvalue weighted by Gasteiger charge is -2.39. The molecule has 0 unspecified atom stereocenters. The highest BCUT2D eigenvalue weighted by atomic mass is 32.2. The topological polar surface area (TPSA) is 57.7 Å². The van der Waals surface area contributed by atoms with E-state index in [0.29, 0.717) is 22.8 Å². The first-order valence-corrected chi connectivity index (χ1v) is 11.3. The Labute approximate surface area is 182 Å². The van der Waals surface area contributed by atoms with Crippen molar-refractivity contribution in [3.05, 3.63) is 101 Å². The van der Waals surface area contributed by atoms with Crippen LogP contribution in [0.1, 0.15) is 27.0 Å². The van der Waals surface area contributed by atoms with E-state index in [1.807, 2.05) is 0 Å². The van der Waals surface area contributed by atoms with Crippen molar-refractivity contribution in [2.24, 2.45) is 0 Å². The van der Waals surface area contributed by atoms with E-state index in [0.717, 1.165) is 22.5 Å². The van der Waals surface area contributed by atoms with Crippen molar-refractivity contribution < 1.29 is 26.4 Å². The van der Waals surface area contributed by atoms with Gasteiger partial charge in [-0.15, -0.1) is 0 Å². The molecule has 0 aliphatic carbocycles. The van der Waals surface area contributed by atoms with E-state index in [1.54, 1.807) is 54.6 Å². The molecule has 5 rings (SSSR count). The van der Waals surface area contributed by atoms with E-state index in [1.165, 1.54) is 4.90 Å². The van der Waals surface area contributed by atoms with Crippen LogP contribution >= 0.6 is 0 Å². The van der Waals surface area contributed by atoms with Gasteiger partial charge in [0.05, 0.1) is 10.5 Å². The highest BCUT2D eigenvalue weighted by Crippen LogP contribution is 2.51. The summed E-state index contributed by atoms with van der Waals surface area (Å²) < 4.78 is 68.5. The Morgan fingerprint density at radius 2 is 1.53 bits per heavy atom. The van der Waals surface area contributed by atoms with Crippen molar-refractivity contribution in [3.8, 4) is 0 Å². The number of carbonyl (C=O) groups is 1. The number of rotatable bonds is 3. The lowest BCUT2D eigenvalue weighted by molar-refractivity contribution is -0.137. The molecule has 3 aromatic carbocycles. The maximum Gasteiger partial charge on any atom is 0.416 e. The number of amides is 1. The van der Waals surface area contributed by atoms with Gasteiger partial charge in [0.2, 0.25) is 10.0 Å². The van der Waals surface area contributed by atoms with Gasteiger partial charge in [-0.2, -0.15) is 17.5 Å². The molecule has 1 atom stereocenters. The van der Waals surface area contributed by atoms with Crippen LogP contribution in [0.3, 0.4) is 0 Å². The second-order valence-electron chi connectivity index (χ2n) is 7.64. The molecule has 164 valence electrons. The summed E-state index contributed by atoms with van der Waals surface area (Å²) in [4.78, 5) is 14.2. The molecule has 5 nitrogen and oxygen atoms in total. The van der Waals surface area contributed by atoms with Crippen molar-refractivity contribution in [1.29, 1.82) is 0 Å². The van der Waals surface area contributed by atoms with Crippen LogP contribution in [0, 0.1) is 0 Å². The molecule has 0 bridgehead atoms. The number of nitrogens with zero attached hydrogens (tertiary/aromatic N) is 2. The summed E-state index contributed by atoms with van der Waals surface area (Å²) in [5, 5.41) is 0. The molecule has 0 spiro atoms. The molecule has 0 N–H and O–H groups in total. The summed E-state index contributed by atoms with van der Waals surface area (Å²) >= 11 is 0. The Balaban J connectivity index is 1.76. The van der Waals surface area contributed by atoms with Crippen LogP contribution in [0.4, 0.5) is 13.2 Å². The Morgan fingerprint density at radius 1 is 0.844 bits per heavy atom. The number of alkyl halides is 3. The number of halogens is 3. The molecular weight excluding hydrogens is 441 g/mol. The van der Waals surface area contributed by atoms with Gasteiger partial charge in [0.1, 0.15) is 0 Å². The summed E-state index contributed by atoms with van der Waals surface area (Å²) in [5.41, 5.74) is -1.11. The number of fused-ring (bicyclic) bond motifs is 3. The first kappa shape index (κ1) is 20.7. The molecule has 1 fully saturated rings. The fraction of sp³-hybridized carbons (Fsp3) is 0.174. The van der Waals surface area contributed by atoms with Crippen molar-refractivity contribution in [2.75, 3.05) is 13.1 Å². The summed E-state index contributed by atoms with van der Waals surface area (Å²) in [6.07, 6.45) is -4.68. The Morgan fingerprint density at radius 3 is 2.25 bits per heavy atom. The Kier molecular flexibility index (Phi) is 4.48. The first-order valence-electron chi connectivity index (χ1n) is 9.85. The van der Waals surface area contributed by atoms with E-state index in [2.05, 4.69) is 0 Å². The SMILES string of the molecule is O=C1c2ccccc2[C@]2(c3ccccc3)N1CCN2S(=O)(=O)c1cccc(C(F)(F)F)c1. The third kappa shape index (κ3) is 2.74. The maximum atomic E-state index is 13.8. The minimum Gasteiger partial charge on any atom is -0.310 e. The fourth-order valence-corrected chi connectivity index (χ4v) is 6.43. The zero-order chi connectivity index (χ0) is 22.7. The molecule has 0 aromatic heterocycles. The predicted molar refractivity (Wildman–Crippen MR) is 110 cm³/mol. The van der Waals surface area contributed by atoms with E-state index < -0.39 is 32.3 Å². The van der Waals surface area contributed by atoms with Gasteiger partial charge in [-0.05, 0) is 29.8 Å². The molecule has 32 heavy (non-hydrogen) atoms. The maximum absolute atomic E-state index is 13.8. The fourth-order valence-electron chi connectivity index (χ4n) is 4.68. The number of benzene rings is 3. The van der Waals surface area contributed by atoms with Gasteiger partial charge in [0, 0.05) is 24.2 Å². The zero-order valence-corrected chi connectivity index (χ0v) is 17.4. The van der Waals surface area contributed by atoms with E-state index in [9.17, 15) is 26.4 Å². The van der Waals surface area contributed by atoms with E-state index >= 15 is 0 Å². The number of sulfonamides is 1. The lowest BCUT2D eigenvalue weighted by Crippen LogP contribution is -2.51. The quantitative estimate of drug-likeness (QED) is 0.595.